The minimum absolute atomic E-state index is 0.176. The van der Waals surface area contributed by atoms with Crippen LogP contribution in [0.3, 0.4) is 0 Å². The monoisotopic (exact) mass is 285 g/mol. The third kappa shape index (κ3) is 2.20. The van der Waals surface area contributed by atoms with E-state index in [1.807, 2.05) is 19.1 Å². The van der Waals surface area contributed by atoms with Gasteiger partial charge in [-0.3, -0.25) is 9.69 Å². The minimum Gasteiger partial charge on any atom is -0.480 e. The second-order valence-electron chi connectivity index (χ2n) is 4.98. The summed E-state index contributed by atoms with van der Waals surface area (Å²) >= 11 is 0. The molecule has 2 aromatic rings. The Hall–Kier alpha value is -2.56. The van der Waals surface area contributed by atoms with Crippen LogP contribution in [0, 0.1) is 0 Å². The van der Waals surface area contributed by atoms with Crippen LogP contribution in [0.2, 0.25) is 0 Å². The lowest BCUT2D eigenvalue weighted by Crippen LogP contribution is -2.42. The lowest BCUT2D eigenvalue weighted by molar-refractivity contribution is -0.138. The number of fused-ring (bicyclic) bond motifs is 1. The number of carboxylic acids is 1. The summed E-state index contributed by atoms with van der Waals surface area (Å²) in [6.07, 6.45) is 1.00. The van der Waals surface area contributed by atoms with Crippen molar-refractivity contribution in [1.82, 2.24) is 0 Å². The van der Waals surface area contributed by atoms with Crippen molar-refractivity contribution in [2.45, 2.75) is 25.8 Å². The maximum absolute atomic E-state index is 12.6. The molecule has 0 saturated carbocycles. The van der Waals surface area contributed by atoms with Gasteiger partial charge in [0.1, 0.15) is 11.8 Å². The lowest BCUT2D eigenvalue weighted by atomic mass is 10.1. The van der Waals surface area contributed by atoms with Crippen molar-refractivity contribution in [2.24, 2.45) is 0 Å². The highest BCUT2D eigenvalue weighted by Crippen LogP contribution is 2.33. The highest BCUT2D eigenvalue weighted by atomic mass is 16.4. The largest absolute Gasteiger partial charge is 0.480 e. The molecule has 0 saturated heterocycles. The molecule has 0 radical (unpaired) electrons. The van der Waals surface area contributed by atoms with Gasteiger partial charge in [-0.05, 0) is 23.8 Å². The molecule has 0 fully saturated rings. The van der Waals surface area contributed by atoms with E-state index in [1.165, 1.54) is 4.90 Å². The number of carbonyl (C=O) groups is 2. The van der Waals surface area contributed by atoms with Crippen molar-refractivity contribution in [3.63, 3.8) is 0 Å². The van der Waals surface area contributed by atoms with E-state index in [-0.39, 0.29) is 5.76 Å². The Balaban J connectivity index is 2.01. The van der Waals surface area contributed by atoms with E-state index in [1.54, 1.807) is 24.3 Å². The van der Waals surface area contributed by atoms with Gasteiger partial charge in [-0.15, -0.1) is 0 Å². The molecule has 0 bridgehead atoms. The fourth-order valence-corrected chi connectivity index (χ4v) is 2.64. The van der Waals surface area contributed by atoms with Gasteiger partial charge in [-0.2, -0.15) is 0 Å². The number of anilines is 1. The number of hydrogen-bond acceptors (Lipinski definition) is 3. The van der Waals surface area contributed by atoms with Gasteiger partial charge in [0.05, 0.1) is 0 Å². The van der Waals surface area contributed by atoms with Crippen LogP contribution < -0.4 is 4.90 Å². The van der Waals surface area contributed by atoms with Crippen LogP contribution in [-0.4, -0.2) is 23.0 Å². The SMILES string of the molecule is CCc1ccc(C(=O)N2c3ccccc3C[C@H]2C(=O)O)o1. The molecule has 1 aliphatic rings. The molecule has 3 rings (SSSR count). The van der Waals surface area contributed by atoms with Crippen molar-refractivity contribution in [1.29, 1.82) is 0 Å². The zero-order chi connectivity index (χ0) is 15.0. The number of aryl methyl sites for hydroxylation is 1. The molecule has 5 nitrogen and oxygen atoms in total. The topological polar surface area (TPSA) is 70.8 Å². The van der Waals surface area contributed by atoms with Gasteiger partial charge < -0.3 is 9.52 Å². The highest BCUT2D eigenvalue weighted by Gasteiger charge is 2.39. The van der Waals surface area contributed by atoms with E-state index >= 15 is 0 Å². The number of rotatable bonds is 3. The minimum atomic E-state index is -1.01. The smallest absolute Gasteiger partial charge is 0.327 e. The molecule has 2 heterocycles. The summed E-state index contributed by atoms with van der Waals surface area (Å²) in [7, 11) is 0. The van der Waals surface area contributed by atoms with Crippen LogP contribution in [-0.2, 0) is 17.6 Å². The number of amides is 1. The van der Waals surface area contributed by atoms with Crippen molar-refractivity contribution < 1.29 is 19.1 Å². The maximum Gasteiger partial charge on any atom is 0.327 e. The average Bonchev–Trinajstić information content (AvgIpc) is 3.11. The van der Waals surface area contributed by atoms with Crippen LogP contribution in [0.4, 0.5) is 5.69 Å². The third-order valence-corrected chi connectivity index (χ3v) is 3.70. The highest BCUT2D eigenvalue weighted by molar-refractivity contribution is 6.09. The molecule has 1 amide bonds. The molecule has 0 aliphatic carbocycles. The van der Waals surface area contributed by atoms with Gasteiger partial charge in [0.2, 0.25) is 0 Å². The van der Waals surface area contributed by atoms with Crippen LogP contribution >= 0.6 is 0 Å². The predicted octanol–water partition coefficient (Wildman–Crippen LogP) is 2.50. The Kier molecular flexibility index (Phi) is 3.25. The molecule has 0 spiro atoms. The average molecular weight is 285 g/mol. The first-order valence-electron chi connectivity index (χ1n) is 6.84. The van der Waals surface area contributed by atoms with Crippen LogP contribution in [0.25, 0.3) is 0 Å². The molecule has 21 heavy (non-hydrogen) atoms. The van der Waals surface area contributed by atoms with Crippen molar-refractivity contribution in [2.75, 3.05) is 4.90 Å². The molecule has 1 aromatic heterocycles. The summed E-state index contributed by atoms with van der Waals surface area (Å²) in [5.41, 5.74) is 1.50. The Morgan fingerprint density at radius 1 is 1.29 bits per heavy atom. The standard InChI is InChI=1S/C16H15NO4/c1-2-11-7-8-14(21-11)15(18)17-12-6-4-3-5-10(12)9-13(17)16(19)20/h3-8,13H,2,9H2,1H3,(H,19,20)/t13-/m0/s1. The lowest BCUT2D eigenvalue weighted by Gasteiger charge is -2.21. The van der Waals surface area contributed by atoms with E-state index in [2.05, 4.69) is 0 Å². The summed E-state index contributed by atoms with van der Waals surface area (Å²) in [4.78, 5) is 25.4. The summed E-state index contributed by atoms with van der Waals surface area (Å²) in [5, 5.41) is 9.38. The second kappa shape index (κ2) is 5.09. The zero-order valence-corrected chi connectivity index (χ0v) is 11.6. The molecule has 5 heteroatoms. The van der Waals surface area contributed by atoms with Gasteiger partial charge in [-0.25, -0.2) is 4.79 Å². The van der Waals surface area contributed by atoms with Crippen molar-refractivity contribution in [3.8, 4) is 0 Å². The fourth-order valence-electron chi connectivity index (χ4n) is 2.64. The third-order valence-electron chi connectivity index (χ3n) is 3.70. The van der Waals surface area contributed by atoms with Crippen LogP contribution in [0.15, 0.2) is 40.8 Å². The number of aliphatic carboxylic acids is 1. The van der Waals surface area contributed by atoms with Crippen molar-refractivity contribution >= 4 is 17.6 Å². The molecule has 1 aromatic carbocycles. The summed E-state index contributed by atoms with van der Waals surface area (Å²) in [6.45, 7) is 1.93. The number of hydrogen-bond donors (Lipinski definition) is 1. The number of carboxylic acid groups (broad SMARTS) is 1. The molecule has 1 atom stereocenters. The van der Waals surface area contributed by atoms with Gasteiger partial charge in [0, 0.05) is 18.5 Å². The fraction of sp³-hybridized carbons (Fsp3) is 0.250. The second-order valence-corrected chi connectivity index (χ2v) is 4.98. The Morgan fingerprint density at radius 3 is 2.71 bits per heavy atom. The van der Waals surface area contributed by atoms with Crippen LogP contribution in [0.5, 0.6) is 0 Å². The van der Waals surface area contributed by atoms with Crippen molar-refractivity contribution in [3.05, 3.63) is 53.5 Å². The van der Waals surface area contributed by atoms with E-state index < -0.39 is 17.9 Å². The normalized spacial score (nSPS) is 16.8. The van der Waals surface area contributed by atoms with E-state index in [0.29, 0.717) is 24.3 Å². The van der Waals surface area contributed by atoms with Gasteiger partial charge in [-0.1, -0.05) is 25.1 Å². The van der Waals surface area contributed by atoms with Crippen LogP contribution in [0.1, 0.15) is 28.8 Å². The molecular formula is C16H15NO4. The first kappa shape index (κ1) is 13.4. The van der Waals surface area contributed by atoms with Gasteiger partial charge >= 0.3 is 5.97 Å². The summed E-state index contributed by atoms with van der Waals surface area (Å²) < 4.78 is 5.47. The number of benzene rings is 1. The molecular weight excluding hydrogens is 270 g/mol. The summed E-state index contributed by atoms with van der Waals surface area (Å²) in [6, 6.07) is 9.70. The number of furan rings is 1. The Labute approximate surface area is 121 Å². The summed E-state index contributed by atoms with van der Waals surface area (Å²) in [5.74, 6) is -0.540. The number of para-hydroxylation sites is 1. The first-order chi connectivity index (χ1) is 10.1. The zero-order valence-electron chi connectivity index (χ0n) is 11.6. The Bertz CT molecular complexity index is 704. The quantitative estimate of drug-likeness (QED) is 0.940. The molecule has 108 valence electrons. The van der Waals surface area contributed by atoms with Gasteiger partial charge in [0.25, 0.3) is 5.91 Å². The van der Waals surface area contributed by atoms with E-state index in [0.717, 1.165) is 5.56 Å². The van der Waals surface area contributed by atoms with E-state index in [4.69, 9.17) is 4.42 Å². The predicted molar refractivity (Wildman–Crippen MR) is 76.5 cm³/mol. The maximum atomic E-state index is 12.6. The molecule has 1 aliphatic heterocycles. The van der Waals surface area contributed by atoms with Gasteiger partial charge in [0.15, 0.2) is 5.76 Å². The number of carbonyl (C=O) groups excluding carboxylic acids is 1. The molecule has 0 unspecified atom stereocenters. The molecule has 1 N–H and O–H groups in total. The number of nitrogens with zero attached hydrogens (tertiary/aromatic N) is 1. The Morgan fingerprint density at radius 2 is 2.05 bits per heavy atom. The van der Waals surface area contributed by atoms with E-state index in [9.17, 15) is 14.7 Å². The first-order valence-corrected chi connectivity index (χ1v) is 6.84.